The summed E-state index contributed by atoms with van der Waals surface area (Å²) >= 11 is 0. The van der Waals surface area contributed by atoms with Crippen LogP contribution >= 0.6 is 0 Å². The number of amides is 1. The Kier molecular flexibility index (Phi) is 8.93. The van der Waals surface area contributed by atoms with Gasteiger partial charge in [-0.2, -0.15) is 4.39 Å². The molecule has 0 radical (unpaired) electrons. The number of sulfonamides is 1. The third kappa shape index (κ3) is 7.16. The average molecular weight is 602 g/mol. The summed E-state index contributed by atoms with van der Waals surface area (Å²) in [5.74, 6) is -3.00. The van der Waals surface area contributed by atoms with E-state index in [1.807, 2.05) is 7.05 Å². The number of halogens is 2. The van der Waals surface area contributed by atoms with Crippen molar-refractivity contribution in [2.45, 2.75) is 49.7 Å². The maximum atomic E-state index is 15.0. The van der Waals surface area contributed by atoms with Gasteiger partial charge in [0.25, 0.3) is 15.9 Å². The molecule has 2 aliphatic rings. The van der Waals surface area contributed by atoms with E-state index in [0.717, 1.165) is 44.5 Å². The van der Waals surface area contributed by atoms with Crippen LogP contribution in [0.3, 0.4) is 0 Å². The standard InChI is InChI=1S/C30H33F2N3O6S/c1-3-26(25-12-8-21(16-33-25)39-18-19-4-5-19)41-27-13-11-24(28(31)29(27)32)30(36)34-42(37,38)23-9-6-20(7-10-23)40-22-14-15-35(2)17-22/h6-13,16,19,22,26H,3-5,14-15,17-18H2,1-2H3,(H,34,36)/t22-,26+/m0/s1. The van der Waals surface area contributed by atoms with E-state index in [1.165, 1.54) is 24.3 Å². The fourth-order valence-electron chi connectivity index (χ4n) is 4.59. The molecule has 1 N–H and O–H groups in total. The highest BCUT2D eigenvalue weighted by Crippen LogP contribution is 2.31. The van der Waals surface area contributed by atoms with E-state index in [2.05, 4.69) is 9.88 Å². The van der Waals surface area contributed by atoms with Crippen LogP contribution in [0.5, 0.6) is 17.2 Å². The lowest BCUT2D eigenvalue weighted by Gasteiger charge is -2.18. The van der Waals surface area contributed by atoms with Crippen molar-refractivity contribution in [1.29, 1.82) is 0 Å². The van der Waals surface area contributed by atoms with E-state index in [-0.39, 0.29) is 11.0 Å². The molecule has 1 aromatic heterocycles. The minimum Gasteiger partial charge on any atom is -0.492 e. The first kappa shape index (κ1) is 29.7. The van der Waals surface area contributed by atoms with E-state index in [9.17, 15) is 22.0 Å². The smallest absolute Gasteiger partial charge is 0.268 e. The lowest BCUT2D eigenvalue weighted by Crippen LogP contribution is -2.31. The molecule has 9 nitrogen and oxygen atoms in total. The maximum absolute atomic E-state index is 15.0. The highest BCUT2D eigenvalue weighted by Gasteiger charge is 2.27. The quantitative estimate of drug-likeness (QED) is 0.313. The molecule has 12 heteroatoms. The summed E-state index contributed by atoms with van der Waals surface area (Å²) in [7, 11) is -2.38. The summed E-state index contributed by atoms with van der Waals surface area (Å²) in [6.45, 7) is 4.12. The number of nitrogens with one attached hydrogen (secondary N) is 1. The Bertz CT molecular complexity index is 1520. The topological polar surface area (TPSA) is 107 Å². The number of pyridine rings is 1. The van der Waals surface area contributed by atoms with Gasteiger partial charge in [-0.3, -0.25) is 9.78 Å². The van der Waals surface area contributed by atoms with Crippen LogP contribution in [0.4, 0.5) is 8.78 Å². The second-order valence-electron chi connectivity index (χ2n) is 10.6. The van der Waals surface area contributed by atoms with Gasteiger partial charge in [0.2, 0.25) is 5.82 Å². The maximum Gasteiger partial charge on any atom is 0.268 e. The zero-order valence-electron chi connectivity index (χ0n) is 23.4. The highest BCUT2D eigenvalue weighted by atomic mass is 32.2. The fourth-order valence-corrected chi connectivity index (χ4v) is 5.55. The molecule has 1 saturated carbocycles. The molecular weight excluding hydrogens is 568 g/mol. The summed E-state index contributed by atoms with van der Waals surface area (Å²) in [4.78, 5) is 18.9. The lowest BCUT2D eigenvalue weighted by atomic mass is 10.1. The highest BCUT2D eigenvalue weighted by molar-refractivity contribution is 7.90. The van der Waals surface area contributed by atoms with Crippen LogP contribution in [0.2, 0.25) is 0 Å². The number of ether oxygens (including phenoxy) is 3. The third-order valence-electron chi connectivity index (χ3n) is 7.22. The zero-order chi connectivity index (χ0) is 29.9. The van der Waals surface area contributed by atoms with Crippen LogP contribution in [-0.2, 0) is 10.0 Å². The summed E-state index contributed by atoms with van der Waals surface area (Å²) in [5, 5.41) is 0. The minimum absolute atomic E-state index is 0.00241. The molecule has 2 fully saturated rings. The monoisotopic (exact) mass is 601 g/mol. The Balaban J connectivity index is 1.22. The molecule has 5 rings (SSSR count). The Morgan fingerprint density at radius 3 is 2.40 bits per heavy atom. The van der Waals surface area contributed by atoms with Crippen molar-refractivity contribution < 1.29 is 36.2 Å². The van der Waals surface area contributed by atoms with Crippen LogP contribution in [-0.4, -0.2) is 57.1 Å². The summed E-state index contributed by atoms with van der Waals surface area (Å²) in [5.41, 5.74) is -0.284. The molecule has 0 spiro atoms. The summed E-state index contributed by atoms with van der Waals surface area (Å²) < 4.78 is 74.5. The van der Waals surface area contributed by atoms with Crippen LogP contribution < -0.4 is 18.9 Å². The van der Waals surface area contributed by atoms with Crippen LogP contribution in [0, 0.1) is 17.6 Å². The summed E-state index contributed by atoms with van der Waals surface area (Å²) in [6.07, 6.45) is 4.45. The van der Waals surface area contributed by atoms with Gasteiger partial charge in [-0.1, -0.05) is 6.92 Å². The van der Waals surface area contributed by atoms with E-state index >= 15 is 0 Å². The van der Waals surface area contributed by atoms with E-state index in [1.54, 1.807) is 30.0 Å². The second-order valence-corrected chi connectivity index (χ2v) is 12.3. The van der Waals surface area contributed by atoms with Gasteiger partial charge in [-0.25, -0.2) is 17.5 Å². The van der Waals surface area contributed by atoms with Crippen molar-refractivity contribution in [1.82, 2.24) is 14.6 Å². The number of rotatable bonds is 12. The molecule has 1 saturated heterocycles. The predicted molar refractivity (Wildman–Crippen MR) is 150 cm³/mol. The van der Waals surface area contributed by atoms with E-state index in [0.29, 0.717) is 36.1 Å². The fraction of sp³-hybridized carbons (Fsp3) is 0.400. The van der Waals surface area contributed by atoms with Gasteiger partial charge in [0, 0.05) is 13.1 Å². The number of carbonyl (C=O) groups excluding carboxylic acids is 1. The number of hydrogen-bond donors (Lipinski definition) is 1. The summed E-state index contributed by atoms with van der Waals surface area (Å²) in [6, 6.07) is 11.0. The molecule has 1 amide bonds. The van der Waals surface area contributed by atoms with Gasteiger partial charge in [-0.05, 0) is 87.2 Å². The molecule has 2 aromatic carbocycles. The second kappa shape index (κ2) is 12.6. The van der Waals surface area contributed by atoms with Crippen molar-refractivity contribution in [2.75, 3.05) is 26.7 Å². The van der Waals surface area contributed by atoms with Gasteiger partial charge < -0.3 is 19.1 Å². The van der Waals surface area contributed by atoms with Crippen LogP contribution in [0.1, 0.15) is 54.8 Å². The molecule has 1 aliphatic heterocycles. The number of aromatic nitrogens is 1. The van der Waals surface area contributed by atoms with Crippen molar-refractivity contribution in [3.8, 4) is 17.2 Å². The van der Waals surface area contributed by atoms with Gasteiger partial charge in [-0.15, -0.1) is 0 Å². The van der Waals surface area contributed by atoms with Gasteiger partial charge >= 0.3 is 0 Å². The van der Waals surface area contributed by atoms with E-state index < -0.39 is 45.0 Å². The predicted octanol–water partition coefficient (Wildman–Crippen LogP) is 4.88. The first-order chi connectivity index (χ1) is 20.1. The van der Waals surface area contributed by atoms with Crippen LogP contribution in [0.25, 0.3) is 0 Å². The number of likely N-dealkylation sites (N-methyl/N-ethyl adjacent to an activating group) is 1. The molecule has 42 heavy (non-hydrogen) atoms. The Morgan fingerprint density at radius 1 is 1.05 bits per heavy atom. The van der Waals surface area contributed by atoms with Crippen LogP contribution in [0.15, 0.2) is 59.6 Å². The van der Waals surface area contributed by atoms with Crippen molar-refractivity contribution >= 4 is 15.9 Å². The van der Waals surface area contributed by atoms with Gasteiger partial charge in [0.05, 0.1) is 29.0 Å². The number of likely N-dealkylation sites (tertiary alicyclic amines) is 1. The molecule has 2 heterocycles. The lowest BCUT2D eigenvalue weighted by molar-refractivity contribution is 0.0976. The number of nitrogens with zero attached hydrogens (tertiary/aromatic N) is 2. The number of carbonyl (C=O) groups is 1. The van der Waals surface area contributed by atoms with Gasteiger partial charge in [0.1, 0.15) is 23.7 Å². The largest absolute Gasteiger partial charge is 0.492 e. The first-order valence-electron chi connectivity index (χ1n) is 13.9. The normalized spacial score (nSPS) is 18.0. The first-order valence-corrected chi connectivity index (χ1v) is 15.4. The van der Waals surface area contributed by atoms with Crippen molar-refractivity contribution in [2.24, 2.45) is 5.92 Å². The number of hydrogen-bond acceptors (Lipinski definition) is 8. The van der Waals surface area contributed by atoms with Gasteiger partial charge in [0.15, 0.2) is 11.6 Å². The average Bonchev–Trinajstić information content (AvgIpc) is 3.72. The van der Waals surface area contributed by atoms with Crippen molar-refractivity contribution in [3.05, 3.63) is 77.6 Å². The Hall–Kier alpha value is -3.77. The molecule has 0 bridgehead atoms. The SMILES string of the molecule is CC[C@@H](Oc1ccc(C(=O)NS(=O)(=O)c2ccc(O[C@H]3CCN(C)C3)cc2)c(F)c1F)c1ccc(OCC2CC2)cn1. The molecule has 224 valence electrons. The minimum atomic E-state index is -4.37. The van der Waals surface area contributed by atoms with Crippen molar-refractivity contribution in [3.63, 3.8) is 0 Å². The van der Waals surface area contributed by atoms with E-state index in [4.69, 9.17) is 14.2 Å². The third-order valence-corrected chi connectivity index (χ3v) is 8.56. The molecule has 3 aromatic rings. The number of benzene rings is 2. The Labute approximate surface area is 243 Å². The molecule has 2 atom stereocenters. The Morgan fingerprint density at radius 2 is 1.79 bits per heavy atom. The molecule has 1 aliphatic carbocycles. The molecule has 0 unspecified atom stereocenters. The molecular formula is C30H33F2N3O6S. The zero-order valence-corrected chi connectivity index (χ0v) is 24.2.